The Labute approximate surface area is 144 Å². The zero-order chi connectivity index (χ0) is 17.0. The Balaban J connectivity index is 0.000000534. The van der Waals surface area contributed by atoms with Crippen LogP contribution in [-0.2, 0) is 6.42 Å². The maximum atomic E-state index is 9.62. The molecule has 0 unspecified atom stereocenters. The Morgan fingerprint density at radius 2 is 1.91 bits per heavy atom. The third kappa shape index (κ3) is 12.2. The number of hydrogen-bond acceptors (Lipinski definition) is 2. The Kier molecular flexibility index (Phi) is 11.9. The molecule has 0 radical (unpaired) electrons. The van der Waals surface area contributed by atoms with Gasteiger partial charge in [-0.25, -0.2) is 0 Å². The predicted molar refractivity (Wildman–Crippen MR) is 106 cm³/mol. The maximum absolute atomic E-state index is 9.62. The fourth-order valence-electron chi connectivity index (χ4n) is 1.47. The van der Waals surface area contributed by atoms with E-state index in [9.17, 15) is 5.11 Å². The van der Waals surface area contributed by atoms with Crippen LogP contribution in [0.3, 0.4) is 0 Å². The van der Waals surface area contributed by atoms with E-state index in [0.29, 0.717) is 5.04 Å². The van der Waals surface area contributed by atoms with Gasteiger partial charge in [-0.15, -0.1) is 11.3 Å². The molecule has 1 heterocycles. The molecule has 3 heteroatoms. The number of aliphatic hydroxyl groups excluding tert-OH is 1. The number of aliphatic hydroxyl groups is 1. The molecule has 1 N–H and O–H groups in total. The number of thiophene rings is 1. The van der Waals surface area contributed by atoms with Gasteiger partial charge in [-0.3, -0.25) is 0 Å². The van der Waals surface area contributed by atoms with Crippen LogP contribution in [0.5, 0.6) is 0 Å². The van der Waals surface area contributed by atoms with E-state index < -0.39 is 0 Å². The van der Waals surface area contributed by atoms with Crippen LogP contribution in [0, 0.1) is 0 Å². The molecule has 0 fully saturated rings. The van der Waals surface area contributed by atoms with E-state index in [1.54, 1.807) is 11.3 Å². The van der Waals surface area contributed by atoms with Crippen LogP contribution < -0.4 is 0 Å². The van der Waals surface area contributed by atoms with E-state index in [4.69, 9.17) is 0 Å². The first-order valence-electron chi connectivity index (χ1n) is 8.64. The minimum Gasteiger partial charge on any atom is -0.389 e. The number of allylic oxidation sites excluding steroid dienone is 1. The van der Waals surface area contributed by atoms with Crippen LogP contribution >= 0.6 is 11.3 Å². The van der Waals surface area contributed by atoms with E-state index in [1.165, 1.54) is 17.7 Å². The highest BCUT2D eigenvalue weighted by molar-refractivity contribution is 7.09. The third-order valence-corrected chi connectivity index (χ3v) is 8.46. The summed E-state index contributed by atoms with van der Waals surface area (Å²) >= 11 is 1.76. The molecule has 22 heavy (non-hydrogen) atoms. The van der Waals surface area contributed by atoms with Crippen molar-refractivity contribution < 1.29 is 5.11 Å². The van der Waals surface area contributed by atoms with Crippen molar-refractivity contribution in [1.29, 1.82) is 0 Å². The van der Waals surface area contributed by atoms with Gasteiger partial charge in [0.25, 0.3) is 0 Å². The van der Waals surface area contributed by atoms with Gasteiger partial charge in [-0.1, -0.05) is 78.3 Å². The van der Waals surface area contributed by atoms with Gasteiger partial charge in [0, 0.05) is 13.7 Å². The molecule has 0 aliphatic heterocycles. The lowest BCUT2D eigenvalue weighted by molar-refractivity contribution is 0.208. The molecule has 0 bridgehead atoms. The highest BCUT2D eigenvalue weighted by Crippen LogP contribution is 2.25. The summed E-state index contributed by atoms with van der Waals surface area (Å²) in [5.41, 5.74) is 0. The monoisotopic (exact) mass is 340 g/mol. The largest absolute Gasteiger partial charge is 0.389 e. The molecule has 1 aromatic rings. The molecule has 1 aromatic heterocycles. The first-order valence-corrected chi connectivity index (χ1v) is 12.4. The molecule has 1 atom stereocenters. The molecule has 0 aliphatic carbocycles. The van der Waals surface area contributed by atoms with Crippen molar-refractivity contribution in [2.45, 2.75) is 84.0 Å². The minimum atomic E-state index is -0.359. The molecule has 128 valence electrons. The fraction of sp³-hybridized carbons (Fsp3) is 0.684. The summed E-state index contributed by atoms with van der Waals surface area (Å²) in [7, 11) is -0.359. The van der Waals surface area contributed by atoms with Crippen molar-refractivity contribution >= 4 is 20.1 Å². The van der Waals surface area contributed by atoms with Crippen LogP contribution in [0.1, 0.15) is 58.3 Å². The maximum Gasteiger partial charge on any atom is 0.0721 e. The first-order chi connectivity index (χ1) is 10.3. The first kappa shape index (κ1) is 21.6. The topological polar surface area (TPSA) is 20.2 Å². The number of rotatable bonds is 7. The van der Waals surface area contributed by atoms with Crippen LogP contribution in [0.2, 0.25) is 18.1 Å². The van der Waals surface area contributed by atoms with Crippen molar-refractivity contribution in [3.63, 3.8) is 0 Å². The van der Waals surface area contributed by atoms with E-state index in [2.05, 4.69) is 64.4 Å². The standard InChI is InChI=1S/C13H20OS.C6H16Si/c1-2-3-4-7-12(14)8-5-9-13-10-6-11-15-13;1-6(2,3)7(4)5/h5-6,8,10-12,14H,2-4,7,9H2,1H3;7H,1-5H3/b8-5+;/t12-;/m0./s1. The molecule has 1 nitrogen and oxygen atoms in total. The molecule has 0 saturated heterocycles. The second-order valence-corrected chi connectivity index (χ2v) is 12.4. The summed E-state index contributed by atoms with van der Waals surface area (Å²) < 4.78 is 0. The van der Waals surface area contributed by atoms with Crippen LogP contribution in [0.4, 0.5) is 0 Å². The summed E-state index contributed by atoms with van der Waals surface area (Å²) in [6.07, 6.45) is 9.15. The number of hydrogen-bond donors (Lipinski definition) is 1. The second-order valence-electron chi connectivity index (χ2n) is 7.30. The normalized spacial score (nSPS) is 13.3. The average Bonchev–Trinajstić information content (AvgIpc) is 2.92. The van der Waals surface area contributed by atoms with E-state index in [0.717, 1.165) is 19.3 Å². The Morgan fingerprint density at radius 3 is 2.36 bits per heavy atom. The number of unbranched alkanes of at least 4 members (excludes halogenated alkanes) is 2. The van der Waals surface area contributed by atoms with Gasteiger partial charge in [-0.05, 0) is 29.3 Å². The zero-order valence-corrected chi connectivity index (χ0v) is 17.4. The fourth-order valence-corrected chi connectivity index (χ4v) is 2.15. The SMILES string of the molecule is CCCCC[C@H](O)/C=C/Cc1cccs1.C[SiH](C)C(C)(C)C. The minimum absolute atomic E-state index is 0.253. The van der Waals surface area contributed by atoms with E-state index >= 15 is 0 Å². The lowest BCUT2D eigenvalue weighted by atomic mass is 10.1. The van der Waals surface area contributed by atoms with Gasteiger partial charge < -0.3 is 5.11 Å². The van der Waals surface area contributed by atoms with E-state index in [-0.39, 0.29) is 14.9 Å². The van der Waals surface area contributed by atoms with Crippen molar-refractivity contribution in [3.05, 3.63) is 34.5 Å². The quantitative estimate of drug-likeness (QED) is 0.363. The van der Waals surface area contributed by atoms with Gasteiger partial charge in [0.2, 0.25) is 0 Å². The Morgan fingerprint density at radius 1 is 1.27 bits per heavy atom. The summed E-state index contributed by atoms with van der Waals surface area (Å²) in [6.45, 7) is 13.9. The smallest absolute Gasteiger partial charge is 0.0721 e. The third-order valence-electron chi connectivity index (χ3n) is 4.09. The Bertz CT molecular complexity index is 377. The van der Waals surface area contributed by atoms with Crippen LogP contribution in [0.25, 0.3) is 0 Å². The molecule has 1 rings (SSSR count). The lowest BCUT2D eigenvalue weighted by Gasteiger charge is -2.21. The van der Waals surface area contributed by atoms with Crippen molar-refractivity contribution in [2.75, 3.05) is 0 Å². The molecular formula is C19H36OSSi. The van der Waals surface area contributed by atoms with Gasteiger partial charge >= 0.3 is 0 Å². The lowest BCUT2D eigenvalue weighted by Crippen LogP contribution is -2.16. The molecular weight excluding hydrogens is 304 g/mol. The van der Waals surface area contributed by atoms with Gasteiger partial charge in [0.15, 0.2) is 0 Å². The highest BCUT2D eigenvalue weighted by Gasteiger charge is 2.15. The molecule has 0 aliphatic rings. The van der Waals surface area contributed by atoms with Crippen molar-refractivity contribution in [2.24, 2.45) is 0 Å². The van der Waals surface area contributed by atoms with Crippen molar-refractivity contribution in [3.8, 4) is 0 Å². The average molecular weight is 341 g/mol. The predicted octanol–water partition coefficient (Wildman–Crippen LogP) is 6.06. The van der Waals surface area contributed by atoms with Crippen LogP contribution in [0.15, 0.2) is 29.7 Å². The second kappa shape index (κ2) is 12.1. The molecule has 0 aromatic carbocycles. The molecule has 0 saturated carbocycles. The van der Waals surface area contributed by atoms with Crippen LogP contribution in [-0.4, -0.2) is 20.0 Å². The van der Waals surface area contributed by atoms with E-state index in [1.807, 2.05) is 6.08 Å². The van der Waals surface area contributed by atoms with Crippen molar-refractivity contribution in [1.82, 2.24) is 0 Å². The summed E-state index contributed by atoms with van der Waals surface area (Å²) in [5, 5.41) is 12.3. The zero-order valence-electron chi connectivity index (χ0n) is 15.4. The van der Waals surface area contributed by atoms with Gasteiger partial charge in [0.1, 0.15) is 0 Å². The highest BCUT2D eigenvalue weighted by atomic mass is 32.1. The molecule has 0 spiro atoms. The van der Waals surface area contributed by atoms with Gasteiger partial charge in [-0.2, -0.15) is 0 Å². The summed E-state index contributed by atoms with van der Waals surface area (Å²) in [5.74, 6) is 0. The molecule has 0 amide bonds. The van der Waals surface area contributed by atoms with Gasteiger partial charge in [0.05, 0.1) is 6.10 Å². The summed E-state index contributed by atoms with van der Waals surface area (Å²) in [4.78, 5) is 1.35. The Hall–Kier alpha value is -0.383. The summed E-state index contributed by atoms with van der Waals surface area (Å²) in [6, 6.07) is 4.18.